The molecule has 0 aromatic heterocycles. The zero-order valence-corrected chi connectivity index (χ0v) is 8.26. The van der Waals surface area contributed by atoms with Gasteiger partial charge >= 0.3 is 0 Å². The highest BCUT2D eigenvalue weighted by atomic mass is 16.5. The van der Waals surface area contributed by atoms with Crippen LogP contribution in [0.25, 0.3) is 0 Å². The lowest BCUT2D eigenvalue weighted by atomic mass is 10.0. The van der Waals surface area contributed by atoms with Crippen LogP contribution in [-0.2, 0) is 4.74 Å². The zero-order valence-electron chi connectivity index (χ0n) is 8.26. The van der Waals surface area contributed by atoms with Crippen LogP contribution in [0.4, 0.5) is 0 Å². The van der Waals surface area contributed by atoms with Crippen LogP contribution in [0.1, 0.15) is 26.7 Å². The minimum absolute atomic E-state index is 0.230. The van der Waals surface area contributed by atoms with Gasteiger partial charge in [0.15, 0.2) is 0 Å². The van der Waals surface area contributed by atoms with Crippen molar-refractivity contribution in [3.05, 3.63) is 12.2 Å². The molecule has 0 aliphatic carbocycles. The molecule has 1 nitrogen and oxygen atoms in total. The predicted octanol–water partition coefficient (Wildman–Crippen LogP) is 2.63. The van der Waals surface area contributed by atoms with Crippen LogP contribution in [0.2, 0.25) is 0 Å². The summed E-state index contributed by atoms with van der Waals surface area (Å²) in [6.07, 6.45) is 7.25. The first-order chi connectivity index (χ1) is 5.60. The Morgan fingerprint density at radius 3 is 2.50 bits per heavy atom. The summed E-state index contributed by atoms with van der Waals surface area (Å²) in [5.41, 5.74) is 0.822. The molecule has 0 heterocycles. The summed E-state index contributed by atoms with van der Waals surface area (Å²) in [6, 6.07) is 0. The highest BCUT2D eigenvalue weighted by Gasteiger charge is 2.09. The standard InChI is InChI=1S/C11H18O/c1-6-10(4)8-11(12-5)7-9(2)3/h1,9,11H,4,7-8H2,2-3,5H3. The Kier molecular flexibility index (Phi) is 5.49. The van der Waals surface area contributed by atoms with E-state index in [1.807, 2.05) is 0 Å². The summed E-state index contributed by atoms with van der Waals surface area (Å²) < 4.78 is 5.28. The van der Waals surface area contributed by atoms with Gasteiger partial charge in [-0.3, -0.25) is 0 Å². The second-order valence-electron chi connectivity index (χ2n) is 3.44. The quantitative estimate of drug-likeness (QED) is 0.570. The van der Waals surface area contributed by atoms with Crippen molar-refractivity contribution in [2.24, 2.45) is 5.92 Å². The normalized spacial score (nSPS) is 12.6. The van der Waals surface area contributed by atoms with E-state index in [1.54, 1.807) is 7.11 Å². The van der Waals surface area contributed by atoms with Gasteiger partial charge < -0.3 is 4.74 Å². The molecule has 0 aromatic rings. The van der Waals surface area contributed by atoms with E-state index in [9.17, 15) is 0 Å². The maximum atomic E-state index is 5.28. The predicted molar refractivity (Wildman–Crippen MR) is 52.8 cm³/mol. The van der Waals surface area contributed by atoms with Crippen molar-refractivity contribution >= 4 is 0 Å². The monoisotopic (exact) mass is 166 g/mol. The van der Waals surface area contributed by atoms with Crippen LogP contribution in [0.5, 0.6) is 0 Å². The first kappa shape index (κ1) is 11.3. The van der Waals surface area contributed by atoms with Gasteiger partial charge in [-0.05, 0) is 17.9 Å². The Bertz CT molecular complexity index is 174. The fourth-order valence-corrected chi connectivity index (χ4v) is 1.12. The molecule has 0 spiro atoms. The molecule has 68 valence electrons. The highest BCUT2D eigenvalue weighted by Crippen LogP contribution is 2.14. The van der Waals surface area contributed by atoms with Crippen molar-refractivity contribution in [2.45, 2.75) is 32.8 Å². The van der Waals surface area contributed by atoms with Crippen molar-refractivity contribution < 1.29 is 4.74 Å². The van der Waals surface area contributed by atoms with Crippen molar-refractivity contribution in [3.8, 4) is 12.3 Å². The van der Waals surface area contributed by atoms with Gasteiger partial charge in [0, 0.05) is 13.5 Å². The Morgan fingerprint density at radius 1 is 1.58 bits per heavy atom. The van der Waals surface area contributed by atoms with Gasteiger partial charge in [-0.15, -0.1) is 6.42 Å². The Balaban J connectivity index is 3.84. The number of terminal acetylenes is 1. The van der Waals surface area contributed by atoms with Gasteiger partial charge in [-0.2, -0.15) is 0 Å². The van der Waals surface area contributed by atoms with E-state index in [0.29, 0.717) is 5.92 Å². The van der Waals surface area contributed by atoms with E-state index in [0.717, 1.165) is 18.4 Å². The van der Waals surface area contributed by atoms with Crippen LogP contribution in [0.3, 0.4) is 0 Å². The molecule has 0 saturated heterocycles. The number of hydrogen-bond acceptors (Lipinski definition) is 1. The topological polar surface area (TPSA) is 9.23 Å². The Labute approximate surface area is 75.8 Å². The minimum Gasteiger partial charge on any atom is -0.381 e. The summed E-state index contributed by atoms with van der Waals surface area (Å²) >= 11 is 0. The van der Waals surface area contributed by atoms with E-state index in [1.165, 1.54) is 0 Å². The van der Waals surface area contributed by atoms with Crippen molar-refractivity contribution in [1.82, 2.24) is 0 Å². The molecule has 0 amide bonds. The first-order valence-corrected chi connectivity index (χ1v) is 4.27. The molecule has 0 radical (unpaired) electrons. The number of ether oxygens (including phenoxy) is 1. The lowest BCUT2D eigenvalue weighted by Crippen LogP contribution is -2.13. The molecule has 0 rings (SSSR count). The molecular weight excluding hydrogens is 148 g/mol. The third kappa shape index (κ3) is 4.98. The van der Waals surface area contributed by atoms with Crippen LogP contribution < -0.4 is 0 Å². The molecule has 0 saturated carbocycles. The van der Waals surface area contributed by atoms with Gasteiger partial charge in [0.25, 0.3) is 0 Å². The second-order valence-corrected chi connectivity index (χ2v) is 3.44. The third-order valence-corrected chi connectivity index (χ3v) is 1.75. The van der Waals surface area contributed by atoms with E-state index in [4.69, 9.17) is 11.2 Å². The van der Waals surface area contributed by atoms with Crippen molar-refractivity contribution in [2.75, 3.05) is 7.11 Å². The van der Waals surface area contributed by atoms with Crippen molar-refractivity contribution in [3.63, 3.8) is 0 Å². The van der Waals surface area contributed by atoms with E-state index >= 15 is 0 Å². The van der Waals surface area contributed by atoms with Gasteiger partial charge in [-0.25, -0.2) is 0 Å². The zero-order chi connectivity index (χ0) is 9.56. The Hall–Kier alpha value is -0.740. The van der Waals surface area contributed by atoms with Gasteiger partial charge in [0.2, 0.25) is 0 Å². The van der Waals surface area contributed by atoms with Crippen LogP contribution in [0, 0.1) is 18.3 Å². The highest BCUT2D eigenvalue weighted by molar-refractivity contribution is 5.21. The molecule has 1 unspecified atom stereocenters. The van der Waals surface area contributed by atoms with Gasteiger partial charge in [0.05, 0.1) is 6.10 Å². The number of hydrogen-bond donors (Lipinski definition) is 0. The summed E-state index contributed by atoms with van der Waals surface area (Å²) in [5.74, 6) is 3.17. The summed E-state index contributed by atoms with van der Waals surface area (Å²) in [5, 5.41) is 0. The largest absolute Gasteiger partial charge is 0.381 e. The lowest BCUT2D eigenvalue weighted by Gasteiger charge is -2.16. The van der Waals surface area contributed by atoms with Gasteiger partial charge in [-0.1, -0.05) is 26.3 Å². The molecule has 1 atom stereocenters. The molecular formula is C11H18O. The molecule has 1 heteroatoms. The second kappa shape index (κ2) is 5.85. The molecule has 0 aliphatic heterocycles. The SMILES string of the molecule is C#CC(=C)CC(CC(C)C)OC. The van der Waals surface area contributed by atoms with Gasteiger partial charge in [0.1, 0.15) is 0 Å². The van der Waals surface area contributed by atoms with Crippen molar-refractivity contribution in [1.29, 1.82) is 0 Å². The number of methoxy groups -OCH3 is 1. The lowest BCUT2D eigenvalue weighted by molar-refractivity contribution is 0.0857. The molecule has 0 N–H and O–H groups in total. The Morgan fingerprint density at radius 2 is 2.17 bits per heavy atom. The van der Waals surface area contributed by atoms with E-state index in [2.05, 4.69) is 26.3 Å². The number of rotatable bonds is 5. The molecule has 0 aromatic carbocycles. The van der Waals surface area contributed by atoms with E-state index < -0.39 is 0 Å². The summed E-state index contributed by atoms with van der Waals surface area (Å²) in [6.45, 7) is 8.09. The van der Waals surface area contributed by atoms with Crippen LogP contribution in [-0.4, -0.2) is 13.2 Å². The molecule has 12 heavy (non-hydrogen) atoms. The average molecular weight is 166 g/mol. The maximum Gasteiger partial charge on any atom is 0.0620 e. The summed E-state index contributed by atoms with van der Waals surface area (Å²) in [7, 11) is 1.72. The maximum absolute atomic E-state index is 5.28. The molecule has 0 bridgehead atoms. The third-order valence-electron chi connectivity index (χ3n) is 1.75. The van der Waals surface area contributed by atoms with Crippen LogP contribution >= 0.6 is 0 Å². The fourth-order valence-electron chi connectivity index (χ4n) is 1.12. The first-order valence-electron chi connectivity index (χ1n) is 4.27. The fraction of sp³-hybridized carbons (Fsp3) is 0.636. The molecule has 0 aliphatic rings. The summed E-state index contributed by atoms with van der Waals surface area (Å²) in [4.78, 5) is 0. The smallest absolute Gasteiger partial charge is 0.0620 e. The van der Waals surface area contributed by atoms with E-state index in [-0.39, 0.29) is 6.10 Å². The minimum atomic E-state index is 0.230. The molecule has 0 fully saturated rings. The average Bonchev–Trinajstić information content (AvgIpc) is 2.02. The van der Waals surface area contributed by atoms with Crippen LogP contribution in [0.15, 0.2) is 12.2 Å².